The number of hydrogen-bond acceptors (Lipinski definition) is 1. The van der Waals surface area contributed by atoms with Crippen LogP contribution in [0.3, 0.4) is 0 Å². The van der Waals surface area contributed by atoms with Crippen molar-refractivity contribution in [3.8, 4) is 0 Å². The first-order chi connectivity index (χ1) is 5.97. The van der Waals surface area contributed by atoms with E-state index in [1.807, 2.05) is 0 Å². The molecule has 1 heteroatoms. The summed E-state index contributed by atoms with van der Waals surface area (Å²) in [5.41, 5.74) is 1.51. The highest BCUT2D eigenvalue weighted by Crippen LogP contribution is 2.24. The molecule has 1 heterocycles. The molecule has 1 nitrogen and oxygen atoms in total. The molecule has 0 radical (unpaired) electrons. The summed E-state index contributed by atoms with van der Waals surface area (Å²) in [6.07, 6.45) is 13.4. The van der Waals surface area contributed by atoms with Gasteiger partial charge in [-0.15, -0.1) is 0 Å². The second-order valence-corrected chi connectivity index (χ2v) is 3.53. The summed E-state index contributed by atoms with van der Waals surface area (Å²) in [5, 5.41) is 0. The molecule has 0 aromatic heterocycles. The van der Waals surface area contributed by atoms with Gasteiger partial charge in [-0.2, -0.15) is 0 Å². The average Bonchev–Trinajstić information content (AvgIpc) is 2.21. The third kappa shape index (κ3) is 1.78. The zero-order valence-corrected chi connectivity index (χ0v) is 7.46. The summed E-state index contributed by atoms with van der Waals surface area (Å²) in [6, 6.07) is 0. The topological polar surface area (TPSA) is 9.23 Å². The molecule has 0 saturated heterocycles. The first kappa shape index (κ1) is 8.06. The van der Waals surface area contributed by atoms with Crippen LogP contribution in [-0.4, -0.2) is 12.7 Å². The lowest BCUT2D eigenvalue weighted by atomic mass is 9.94. The molecule has 0 saturated carbocycles. The van der Waals surface area contributed by atoms with Crippen LogP contribution < -0.4 is 0 Å². The van der Waals surface area contributed by atoms with E-state index < -0.39 is 0 Å². The van der Waals surface area contributed by atoms with Gasteiger partial charge in [-0.05, 0) is 37.7 Å². The van der Waals surface area contributed by atoms with Crippen molar-refractivity contribution < 1.29 is 4.74 Å². The van der Waals surface area contributed by atoms with Gasteiger partial charge in [-0.3, -0.25) is 0 Å². The van der Waals surface area contributed by atoms with Crippen molar-refractivity contribution in [1.29, 1.82) is 0 Å². The van der Waals surface area contributed by atoms with E-state index in [-0.39, 0.29) is 0 Å². The van der Waals surface area contributed by atoms with Gasteiger partial charge >= 0.3 is 0 Å². The largest absolute Gasteiger partial charge is 0.369 e. The molecule has 0 bridgehead atoms. The molecule has 0 amide bonds. The van der Waals surface area contributed by atoms with Crippen LogP contribution in [0, 0.1) is 0 Å². The fourth-order valence-electron chi connectivity index (χ4n) is 1.89. The summed E-state index contributed by atoms with van der Waals surface area (Å²) in [6.45, 7) is 0.901. The van der Waals surface area contributed by atoms with Crippen LogP contribution >= 0.6 is 0 Å². The van der Waals surface area contributed by atoms with Crippen LogP contribution in [0.2, 0.25) is 0 Å². The lowest BCUT2D eigenvalue weighted by molar-refractivity contribution is 0.0996. The number of ether oxygens (including phenoxy) is 1. The predicted octanol–water partition coefficient (Wildman–Crippen LogP) is 2.83. The molecule has 0 aromatic rings. The molecule has 0 N–H and O–H groups in total. The lowest BCUT2D eigenvalue weighted by Crippen LogP contribution is -2.18. The van der Waals surface area contributed by atoms with E-state index in [2.05, 4.69) is 18.2 Å². The zero-order valence-electron chi connectivity index (χ0n) is 7.46. The van der Waals surface area contributed by atoms with Crippen LogP contribution in [0.4, 0.5) is 0 Å². The molecule has 2 aliphatic rings. The summed E-state index contributed by atoms with van der Waals surface area (Å²) < 4.78 is 5.66. The second-order valence-electron chi connectivity index (χ2n) is 3.53. The summed E-state index contributed by atoms with van der Waals surface area (Å²) in [5.74, 6) is 0. The highest BCUT2D eigenvalue weighted by molar-refractivity contribution is 5.18. The maximum atomic E-state index is 5.66. The SMILES string of the molecule is C1=CC(C2=CCCCC2)OCC1. The van der Waals surface area contributed by atoms with Gasteiger partial charge in [0.15, 0.2) is 0 Å². The Morgan fingerprint density at radius 2 is 2.25 bits per heavy atom. The van der Waals surface area contributed by atoms with E-state index >= 15 is 0 Å². The van der Waals surface area contributed by atoms with Crippen molar-refractivity contribution in [2.45, 2.75) is 38.2 Å². The molecule has 1 aliphatic carbocycles. The monoisotopic (exact) mass is 164 g/mol. The van der Waals surface area contributed by atoms with Crippen molar-refractivity contribution in [2.24, 2.45) is 0 Å². The smallest absolute Gasteiger partial charge is 0.0966 e. The normalized spacial score (nSPS) is 30.0. The third-order valence-electron chi connectivity index (χ3n) is 2.58. The molecule has 0 spiro atoms. The fraction of sp³-hybridized carbons (Fsp3) is 0.636. The van der Waals surface area contributed by atoms with Crippen molar-refractivity contribution in [3.63, 3.8) is 0 Å². The Morgan fingerprint density at radius 3 is 2.92 bits per heavy atom. The van der Waals surface area contributed by atoms with Crippen LogP contribution in [-0.2, 0) is 4.74 Å². The van der Waals surface area contributed by atoms with E-state index in [4.69, 9.17) is 4.74 Å². The van der Waals surface area contributed by atoms with Crippen LogP contribution in [0.1, 0.15) is 32.1 Å². The second kappa shape index (κ2) is 3.90. The van der Waals surface area contributed by atoms with E-state index in [1.54, 1.807) is 0 Å². The van der Waals surface area contributed by atoms with E-state index in [1.165, 1.54) is 31.3 Å². The van der Waals surface area contributed by atoms with Gasteiger partial charge in [-0.1, -0.05) is 18.2 Å². The Morgan fingerprint density at radius 1 is 1.25 bits per heavy atom. The number of allylic oxidation sites excluding steroid dienone is 1. The van der Waals surface area contributed by atoms with Gasteiger partial charge in [0, 0.05) is 0 Å². The van der Waals surface area contributed by atoms with Gasteiger partial charge in [0.2, 0.25) is 0 Å². The molecule has 2 rings (SSSR count). The van der Waals surface area contributed by atoms with Crippen LogP contribution in [0.25, 0.3) is 0 Å². The van der Waals surface area contributed by atoms with Gasteiger partial charge in [0.25, 0.3) is 0 Å². The van der Waals surface area contributed by atoms with E-state index in [9.17, 15) is 0 Å². The van der Waals surface area contributed by atoms with E-state index in [0.717, 1.165) is 13.0 Å². The van der Waals surface area contributed by atoms with Gasteiger partial charge in [-0.25, -0.2) is 0 Å². The Labute approximate surface area is 74.1 Å². The predicted molar refractivity (Wildman–Crippen MR) is 50.0 cm³/mol. The maximum absolute atomic E-state index is 5.66. The standard InChI is InChI=1S/C11H16O/c1-2-6-10(7-3-1)11-8-4-5-9-12-11/h4,6,8,11H,1-3,5,7,9H2. The van der Waals surface area contributed by atoms with Crippen molar-refractivity contribution in [2.75, 3.05) is 6.61 Å². The van der Waals surface area contributed by atoms with Gasteiger partial charge < -0.3 is 4.74 Å². The quantitative estimate of drug-likeness (QED) is 0.541. The summed E-state index contributed by atoms with van der Waals surface area (Å²) in [4.78, 5) is 0. The molecular weight excluding hydrogens is 148 g/mol. The van der Waals surface area contributed by atoms with E-state index in [0.29, 0.717) is 6.10 Å². The molecule has 66 valence electrons. The minimum atomic E-state index is 0.319. The molecule has 1 atom stereocenters. The highest BCUT2D eigenvalue weighted by atomic mass is 16.5. The lowest BCUT2D eigenvalue weighted by Gasteiger charge is -2.23. The van der Waals surface area contributed by atoms with Crippen molar-refractivity contribution in [1.82, 2.24) is 0 Å². The summed E-state index contributed by atoms with van der Waals surface area (Å²) >= 11 is 0. The van der Waals surface area contributed by atoms with Gasteiger partial charge in [0.1, 0.15) is 0 Å². The molecule has 1 aliphatic heterocycles. The van der Waals surface area contributed by atoms with Gasteiger partial charge in [0.05, 0.1) is 12.7 Å². The van der Waals surface area contributed by atoms with Crippen molar-refractivity contribution in [3.05, 3.63) is 23.8 Å². The third-order valence-corrected chi connectivity index (χ3v) is 2.58. The van der Waals surface area contributed by atoms with Crippen molar-refractivity contribution >= 4 is 0 Å². The Bertz CT molecular complexity index is 203. The zero-order chi connectivity index (χ0) is 8.23. The Hall–Kier alpha value is -0.560. The summed E-state index contributed by atoms with van der Waals surface area (Å²) in [7, 11) is 0. The highest BCUT2D eigenvalue weighted by Gasteiger charge is 2.15. The number of hydrogen-bond donors (Lipinski definition) is 0. The average molecular weight is 164 g/mol. The molecular formula is C11H16O. The first-order valence-corrected chi connectivity index (χ1v) is 4.94. The maximum Gasteiger partial charge on any atom is 0.0966 e. The Balaban J connectivity index is 2.01. The molecule has 0 aromatic carbocycles. The minimum Gasteiger partial charge on any atom is -0.369 e. The molecule has 0 fully saturated rings. The fourth-order valence-corrected chi connectivity index (χ4v) is 1.89. The molecule has 1 unspecified atom stereocenters. The number of rotatable bonds is 1. The minimum absolute atomic E-state index is 0.319. The van der Waals surface area contributed by atoms with Crippen LogP contribution in [0.15, 0.2) is 23.8 Å². The first-order valence-electron chi connectivity index (χ1n) is 4.94. The van der Waals surface area contributed by atoms with Crippen LogP contribution in [0.5, 0.6) is 0 Å². The Kier molecular flexibility index (Phi) is 2.62. The molecule has 12 heavy (non-hydrogen) atoms.